The second-order valence-corrected chi connectivity index (χ2v) is 5.08. The number of anilines is 1. The van der Waals surface area contributed by atoms with Gasteiger partial charge in [-0.3, -0.25) is 9.59 Å². The predicted molar refractivity (Wildman–Crippen MR) is 91.3 cm³/mol. The molecule has 0 unspecified atom stereocenters. The molecular formula is C18H20N2O4. The van der Waals surface area contributed by atoms with E-state index < -0.39 is 0 Å². The van der Waals surface area contributed by atoms with Crippen LogP contribution in [0.5, 0.6) is 11.5 Å². The van der Waals surface area contributed by atoms with Gasteiger partial charge in [-0.25, -0.2) is 0 Å². The molecule has 0 saturated heterocycles. The van der Waals surface area contributed by atoms with E-state index in [0.29, 0.717) is 11.4 Å². The molecule has 0 atom stereocenters. The number of benzene rings is 2. The van der Waals surface area contributed by atoms with Gasteiger partial charge < -0.3 is 20.1 Å². The Balaban J connectivity index is 1.78. The highest BCUT2D eigenvalue weighted by molar-refractivity contribution is 5.94. The summed E-state index contributed by atoms with van der Waals surface area (Å²) in [6.07, 6.45) is 0.205. The Morgan fingerprint density at radius 2 is 1.62 bits per heavy atom. The number of carbonyl (C=O) groups is 2. The maximum absolute atomic E-state index is 11.9. The quantitative estimate of drug-likeness (QED) is 0.815. The van der Waals surface area contributed by atoms with Crippen molar-refractivity contribution in [2.24, 2.45) is 0 Å². The Morgan fingerprint density at radius 3 is 2.29 bits per heavy atom. The van der Waals surface area contributed by atoms with Gasteiger partial charge in [-0.05, 0) is 29.8 Å². The van der Waals surface area contributed by atoms with Crippen molar-refractivity contribution in [3.05, 3.63) is 54.1 Å². The van der Waals surface area contributed by atoms with E-state index in [1.54, 1.807) is 50.6 Å². The Kier molecular flexibility index (Phi) is 6.19. The van der Waals surface area contributed by atoms with Gasteiger partial charge in [0.05, 0.1) is 27.2 Å². The molecule has 0 aliphatic rings. The summed E-state index contributed by atoms with van der Waals surface area (Å²) in [5, 5.41) is 5.30. The maximum atomic E-state index is 11.9. The molecule has 0 aliphatic carbocycles. The molecule has 2 aromatic rings. The summed E-state index contributed by atoms with van der Waals surface area (Å²) in [5.74, 6) is 0.862. The summed E-state index contributed by atoms with van der Waals surface area (Å²) in [6, 6.07) is 14.2. The first-order valence-corrected chi connectivity index (χ1v) is 7.44. The van der Waals surface area contributed by atoms with Crippen molar-refractivity contribution in [1.29, 1.82) is 0 Å². The van der Waals surface area contributed by atoms with Crippen molar-refractivity contribution in [2.75, 3.05) is 26.1 Å². The third-order valence-corrected chi connectivity index (χ3v) is 3.32. The van der Waals surface area contributed by atoms with Crippen LogP contribution in [0.3, 0.4) is 0 Å². The summed E-state index contributed by atoms with van der Waals surface area (Å²) in [7, 11) is 3.14. The van der Waals surface area contributed by atoms with Crippen LogP contribution in [0.15, 0.2) is 48.5 Å². The van der Waals surface area contributed by atoms with Crippen molar-refractivity contribution >= 4 is 17.5 Å². The molecule has 6 heteroatoms. The van der Waals surface area contributed by atoms with Gasteiger partial charge >= 0.3 is 0 Å². The smallest absolute Gasteiger partial charge is 0.243 e. The van der Waals surface area contributed by atoms with Crippen molar-refractivity contribution in [2.45, 2.75) is 6.42 Å². The van der Waals surface area contributed by atoms with Crippen LogP contribution < -0.4 is 20.1 Å². The third-order valence-electron chi connectivity index (χ3n) is 3.32. The van der Waals surface area contributed by atoms with Gasteiger partial charge in [0.15, 0.2) is 0 Å². The van der Waals surface area contributed by atoms with E-state index in [-0.39, 0.29) is 24.8 Å². The van der Waals surface area contributed by atoms with E-state index in [9.17, 15) is 9.59 Å². The minimum absolute atomic E-state index is 0.0911. The van der Waals surface area contributed by atoms with Crippen LogP contribution in [-0.2, 0) is 16.0 Å². The predicted octanol–water partition coefficient (Wildman–Crippen LogP) is 2.00. The summed E-state index contributed by atoms with van der Waals surface area (Å²) in [6.45, 7) is -0.0911. The summed E-state index contributed by atoms with van der Waals surface area (Å²) in [4.78, 5) is 23.8. The van der Waals surface area contributed by atoms with E-state index >= 15 is 0 Å². The zero-order chi connectivity index (χ0) is 17.4. The highest BCUT2D eigenvalue weighted by Gasteiger charge is 2.07. The van der Waals surface area contributed by atoms with Gasteiger partial charge in [0.25, 0.3) is 0 Å². The van der Waals surface area contributed by atoms with Crippen LogP contribution in [-0.4, -0.2) is 32.6 Å². The van der Waals surface area contributed by atoms with Crippen LogP contribution in [0.25, 0.3) is 0 Å². The molecule has 0 aromatic heterocycles. The van der Waals surface area contributed by atoms with Gasteiger partial charge in [-0.1, -0.05) is 18.2 Å². The molecule has 0 saturated carbocycles. The van der Waals surface area contributed by atoms with Gasteiger partial charge in [0.2, 0.25) is 11.8 Å². The van der Waals surface area contributed by atoms with Crippen LogP contribution in [0.4, 0.5) is 5.69 Å². The molecule has 2 aromatic carbocycles. The van der Waals surface area contributed by atoms with E-state index in [4.69, 9.17) is 9.47 Å². The molecule has 6 nitrogen and oxygen atoms in total. The Labute approximate surface area is 140 Å². The first kappa shape index (κ1) is 17.3. The second-order valence-electron chi connectivity index (χ2n) is 5.08. The minimum Gasteiger partial charge on any atom is -0.497 e. The number of carbonyl (C=O) groups excluding carboxylic acids is 2. The topological polar surface area (TPSA) is 76.7 Å². The van der Waals surface area contributed by atoms with Gasteiger partial charge in [0, 0.05) is 11.8 Å². The fourth-order valence-corrected chi connectivity index (χ4v) is 2.08. The third kappa shape index (κ3) is 5.31. The number of ether oxygens (including phenoxy) is 2. The van der Waals surface area contributed by atoms with Gasteiger partial charge in [-0.2, -0.15) is 0 Å². The van der Waals surface area contributed by atoms with Crippen LogP contribution in [0, 0.1) is 0 Å². The highest BCUT2D eigenvalue weighted by atomic mass is 16.5. The molecule has 0 bridgehead atoms. The fourth-order valence-electron chi connectivity index (χ4n) is 2.08. The van der Waals surface area contributed by atoms with E-state index in [0.717, 1.165) is 11.3 Å². The normalized spacial score (nSPS) is 9.92. The fraction of sp³-hybridized carbons (Fsp3) is 0.222. The first-order valence-electron chi connectivity index (χ1n) is 7.44. The maximum Gasteiger partial charge on any atom is 0.243 e. The zero-order valence-corrected chi connectivity index (χ0v) is 13.7. The molecule has 0 fully saturated rings. The van der Waals surface area contributed by atoms with Crippen LogP contribution in [0.1, 0.15) is 5.56 Å². The summed E-state index contributed by atoms with van der Waals surface area (Å²) in [5.41, 5.74) is 1.46. The van der Waals surface area contributed by atoms with Crippen LogP contribution in [0.2, 0.25) is 0 Å². The molecule has 2 rings (SSSR count). The van der Waals surface area contributed by atoms with E-state index in [2.05, 4.69) is 10.6 Å². The highest BCUT2D eigenvalue weighted by Crippen LogP contribution is 2.16. The molecular weight excluding hydrogens is 308 g/mol. The van der Waals surface area contributed by atoms with Gasteiger partial charge in [0.1, 0.15) is 11.5 Å². The van der Waals surface area contributed by atoms with Crippen molar-refractivity contribution in [3.63, 3.8) is 0 Å². The Morgan fingerprint density at radius 1 is 0.917 bits per heavy atom. The first-order chi connectivity index (χ1) is 11.6. The number of hydrogen-bond acceptors (Lipinski definition) is 4. The molecule has 2 N–H and O–H groups in total. The Hall–Kier alpha value is -3.02. The van der Waals surface area contributed by atoms with Crippen molar-refractivity contribution in [3.8, 4) is 11.5 Å². The lowest BCUT2D eigenvalue weighted by molar-refractivity contribution is -0.123. The zero-order valence-electron chi connectivity index (χ0n) is 13.7. The average molecular weight is 328 g/mol. The van der Waals surface area contributed by atoms with Gasteiger partial charge in [-0.15, -0.1) is 0 Å². The molecule has 24 heavy (non-hydrogen) atoms. The molecule has 0 aliphatic heterocycles. The Bertz CT molecular complexity index is 698. The average Bonchev–Trinajstić information content (AvgIpc) is 2.61. The lowest BCUT2D eigenvalue weighted by atomic mass is 10.1. The lowest BCUT2D eigenvalue weighted by Gasteiger charge is -2.08. The monoisotopic (exact) mass is 328 g/mol. The second kappa shape index (κ2) is 8.57. The van der Waals surface area contributed by atoms with E-state index in [1.165, 1.54) is 0 Å². The molecule has 0 heterocycles. The van der Waals surface area contributed by atoms with Crippen LogP contribution >= 0.6 is 0 Å². The molecule has 126 valence electrons. The molecule has 0 radical (unpaired) electrons. The number of nitrogens with one attached hydrogen (secondary N) is 2. The molecule has 0 spiro atoms. The van der Waals surface area contributed by atoms with Crippen molar-refractivity contribution < 1.29 is 19.1 Å². The minimum atomic E-state index is -0.300. The summed E-state index contributed by atoms with van der Waals surface area (Å²) >= 11 is 0. The lowest BCUT2D eigenvalue weighted by Crippen LogP contribution is -2.33. The standard InChI is InChI=1S/C18H20N2O4/c1-23-15-8-6-13(7-9-15)10-17(21)19-12-18(22)20-14-4-3-5-16(11-14)24-2/h3-9,11H,10,12H2,1-2H3,(H,19,21)(H,20,22). The number of hydrogen-bond donors (Lipinski definition) is 2. The summed E-state index contributed by atoms with van der Waals surface area (Å²) < 4.78 is 10.2. The number of rotatable bonds is 7. The largest absolute Gasteiger partial charge is 0.497 e. The number of methoxy groups -OCH3 is 2. The van der Waals surface area contributed by atoms with Crippen molar-refractivity contribution in [1.82, 2.24) is 5.32 Å². The SMILES string of the molecule is COc1ccc(CC(=O)NCC(=O)Nc2cccc(OC)c2)cc1. The number of amides is 2. The van der Waals surface area contributed by atoms with E-state index in [1.807, 2.05) is 12.1 Å². The molecule has 2 amide bonds.